The lowest BCUT2D eigenvalue weighted by Crippen LogP contribution is -2.22. The molecule has 0 aliphatic carbocycles. The summed E-state index contributed by atoms with van der Waals surface area (Å²) in [6, 6.07) is 8.22. The fourth-order valence-corrected chi connectivity index (χ4v) is 1.31. The van der Waals surface area contributed by atoms with Gasteiger partial charge < -0.3 is 5.73 Å². The summed E-state index contributed by atoms with van der Waals surface area (Å²) in [5.41, 5.74) is 7.64. The number of nitrogen functional groups attached to an aromatic ring is 1. The smallest absolute Gasteiger partial charge is 0.0601 e. The predicted molar refractivity (Wildman–Crippen MR) is 60.7 cm³/mol. The topological polar surface area (TPSA) is 29.3 Å². The molecule has 0 saturated heterocycles. The molecule has 0 aliphatic rings. The Morgan fingerprint density at radius 3 is 2.50 bits per heavy atom. The summed E-state index contributed by atoms with van der Waals surface area (Å²) in [7, 11) is 2.01. The van der Waals surface area contributed by atoms with Gasteiger partial charge in [-0.25, -0.2) is 0 Å². The minimum absolute atomic E-state index is 0.326. The molecule has 1 aromatic rings. The lowest BCUT2D eigenvalue weighted by Gasteiger charge is -2.22. The minimum Gasteiger partial charge on any atom is -0.399 e. The molecule has 0 saturated carbocycles. The van der Waals surface area contributed by atoms with Crippen molar-refractivity contribution in [2.45, 2.75) is 13.0 Å². The maximum atomic E-state index is 5.62. The standard InChI is InChI=1S/C12H16N2/c1-4-9-14(3)10(2)11-5-7-12(13)8-6-11/h1,5-8,10H,9,13H2,2-3H3. The highest BCUT2D eigenvalue weighted by Gasteiger charge is 2.09. The van der Waals surface area contributed by atoms with Crippen LogP contribution in [-0.2, 0) is 0 Å². The number of hydrogen-bond donors (Lipinski definition) is 1. The van der Waals surface area contributed by atoms with Crippen LogP contribution in [0.15, 0.2) is 24.3 Å². The number of nitrogens with two attached hydrogens (primary N) is 1. The van der Waals surface area contributed by atoms with Crippen LogP contribution in [0.4, 0.5) is 5.69 Å². The molecule has 0 fully saturated rings. The highest BCUT2D eigenvalue weighted by molar-refractivity contribution is 5.40. The zero-order valence-corrected chi connectivity index (χ0v) is 8.70. The van der Waals surface area contributed by atoms with Gasteiger partial charge in [-0.2, -0.15) is 0 Å². The first-order valence-corrected chi connectivity index (χ1v) is 4.64. The first-order valence-electron chi connectivity index (χ1n) is 4.64. The highest BCUT2D eigenvalue weighted by Crippen LogP contribution is 2.19. The van der Waals surface area contributed by atoms with Crippen molar-refractivity contribution < 1.29 is 0 Å². The van der Waals surface area contributed by atoms with Crippen molar-refractivity contribution in [3.63, 3.8) is 0 Å². The molecule has 0 radical (unpaired) electrons. The monoisotopic (exact) mass is 188 g/mol. The zero-order valence-electron chi connectivity index (χ0n) is 8.70. The van der Waals surface area contributed by atoms with Crippen LogP contribution in [-0.4, -0.2) is 18.5 Å². The lowest BCUT2D eigenvalue weighted by molar-refractivity contribution is 0.294. The van der Waals surface area contributed by atoms with Crippen LogP contribution in [0.25, 0.3) is 0 Å². The summed E-state index contributed by atoms with van der Waals surface area (Å²) in [4.78, 5) is 2.12. The second kappa shape index (κ2) is 4.69. The van der Waals surface area contributed by atoms with Crippen molar-refractivity contribution in [3.8, 4) is 12.3 Å². The van der Waals surface area contributed by atoms with E-state index in [1.807, 2.05) is 31.3 Å². The molecule has 0 spiro atoms. The summed E-state index contributed by atoms with van der Waals surface area (Å²) >= 11 is 0. The van der Waals surface area contributed by atoms with Gasteiger partial charge in [-0.05, 0) is 31.7 Å². The fraction of sp³-hybridized carbons (Fsp3) is 0.333. The van der Waals surface area contributed by atoms with Gasteiger partial charge in [0.1, 0.15) is 0 Å². The number of anilines is 1. The van der Waals surface area contributed by atoms with E-state index in [2.05, 4.69) is 17.7 Å². The van der Waals surface area contributed by atoms with Gasteiger partial charge in [-0.15, -0.1) is 6.42 Å². The number of terminal acetylenes is 1. The fourth-order valence-electron chi connectivity index (χ4n) is 1.31. The Morgan fingerprint density at radius 1 is 1.43 bits per heavy atom. The van der Waals surface area contributed by atoms with Gasteiger partial charge >= 0.3 is 0 Å². The molecule has 2 N–H and O–H groups in total. The molecule has 0 aromatic heterocycles. The Kier molecular flexibility index (Phi) is 3.55. The Bertz CT molecular complexity index is 321. The van der Waals surface area contributed by atoms with E-state index in [1.165, 1.54) is 5.56 Å². The molecule has 0 bridgehead atoms. The molecule has 2 heteroatoms. The third-order valence-corrected chi connectivity index (χ3v) is 2.42. The van der Waals surface area contributed by atoms with E-state index in [0.717, 1.165) is 5.69 Å². The molecule has 2 nitrogen and oxygen atoms in total. The molecule has 1 rings (SSSR count). The molecule has 14 heavy (non-hydrogen) atoms. The second-order valence-corrected chi connectivity index (χ2v) is 3.46. The number of benzene rings is 1. The average Bonchev–Trinajstić information content (AvgIpc) is 2.18. The van der Waals surface area contributed by atoms with Crippen molar-refractivity contribution in [2.24, 2.45) is 0 Å². The zero-order chi connectivity index (χ0) is 10.6. The van der Waals surface area contributed by atoms with Gasteiger partial charge in [0, 0.05) is 11.7 Å². The molecular formula is C12H16N2. The third kappa shape index (κ3) is 2.51. The Hall–Kier alpha value is -1.46. The normalized spacial score (nSPS) is 12.4. The minimum atomic E-state index is 0.326. The first kappa shape index (κ1) is 10.6. The first-order chi connectivity index (χ1) is 6.65. The van der Waals surface area contributed by atoms with Crippen molar-refractivity contribution in [1.82, 2.24) is 4.90 Å². The van der Waals surface area contributed by atoms with Gasteiger partial charge in [-0.1, -0.05) is 18.1 Å². The molecule has 1 atom stereocenters. The predicted octanol–water partition coefficient (Wildman–Crippen LogP) is 1.89. The Balaban J connectivity index is 2.74. The number of rotatable bonds is 3. The van der Waals surface area contributed by atoms with E-state index in [-0.39, 0.29) is 0 Å². The van der Waals surface area contributed by atoms with Crippen molar-refractivity contribution in [1.29, 1.82) is 0 Å². The van der Waals surface area contributed by atoms with Crippen LogP contribution in [0.1, 0.15) is 18.5 Å². The Labute approximate surface area is 85.7 Å². The van der Waals surface area contributed by atoms with Crippen LogP contribution in [0.2, 0.25) is 0 Å². The number of hydrogen-bond acceptors (Lipinski definition) is 2. The summed E-state index contributed by atoms with van der Waals surface area (Å²) in [5.74, 6) is 2.63. The van der Waals surface area contributed by atoms with E-state index in [0.29, 0.717) is 12.6 Å². The molecule has 0 aliphatic heterocycles. The molecule has 0 amide bonds. The van der Waals surface area contributed by atoms with Gasteiger partial charge in [0.05, 0.1) is 6.54 Å². The van der Waals surface area contributed by atoms with E-state index in [1.54, 1.807) is 0 Å². The van der Waals surface area contributed by atoms with E-state index < -0.39 is 0 Å². The third-order valence-electron chi connectivity index (χ3n) is 2.42. The van der Waals surface area contributed by atoms with Crippen molar-refractivity contribution >= 4 is 5.69 Å². The average molecular weight is 188 g/mol. The van der Waals surface area contributed by atoms with Crippen LogP contribution in [0.5, 0.6) is 0 Å². The molecule has 74 valence electrons. The summed E-state index contributed by atoms with van der Waals surface area (Å²) < 4.78 is 0. The van der Waals surface area contributed by atoms with E-state index >= 15 is 0 Å². The Morgan fingerprint density at radius 2 is 2.00 bits per heavy atom. The maximum absolute atomic E-state index is 5.62. The second-order valence-electron chi connectivity index (χ2n) is 3.46. The maximum Gasteiger partial charge on any atom is 0.0601 e. The van der Waals surface area contributed by atoms with E-state index in [4.69, 9.17) is 12.2 Å². The van der Waals surface area contributed by atoms with Gasteiger partial charge in [-0.3, -0.25) is 4.90 Å². The van der Waals surface area contributed by atoms with Crippen LogP contribution in [0, 0.1) is 12.3 Å². The lowest BCUT2D eigenvalue weighted by atomic mass is 10.1. The largest absolute Gasteiger partial charge is 0.399 e. The quantitative estimate of drug-likeness (QED) is 0.580. The van der Waals surface area contributed by atoms with Crippen molar-refractivity contribution in [2.75, 3.05) is 19.3 Å². The summed E-state index contributed by atoms with van der Waals surface area (Å²) in [6.07, 6.45) is 5.26. The summed E-state index contributed by atoms with van der Waals surface area (Å²) in [6.45, 7) is 2.79. The van der Waals surface area contributed by atoms with Gasteiger partial charge in [0.15, 0.2) is 0 Å². The van der Waals surface area contributed by atoms with Crippen LogP contribution < -0.4 is 5.73 Å². The molecule has 1 aromatic carbocycles. The van der Waals surface area contributed by atoms with Gasteiger partial charge in [0.2, 0.25) is 0 Å². The molecular weight excluding hydrogens is 172 g/mol. The highest BCUT2D eigenvalue weighted by atomic mass is 15.1. The van der Waals surface area contributed by atoms with Crippen molar-refractivity contribution in [3.05, 3.63) is 29.8 Å². The van der Waals surface area contributed by atoms with Crippen LogP contribution >= 0.6 is 0 Å². The SMILES string of the molecule is C#CCN(C)C(C)c1ccc(N)cc1. The van der Waals surface area contributed by atoms with E-state index in [9.17, 15) is 0 Å². The molecule has 1 unspecified atom stereocenters. The molecule has 0 heterocycles. The van der Waals surface area contributed by atoms with Gasteiger partial charge in [0.25, 0.3) is 0 Å². The number of nitrogens with zero attached hydrogens (tertiary/aromatic N) is 1. The van der Waals surface area contributed by atoms with Crippen LogP contribution in [0.3, 0.4) is 0 Å². The summed E-state index contributed by atoms with van der Waals surface area (Å²) in [5, 5.41) is 0.